The van der Waals surface area contributed by atoms with Crippen molar-refractivity contribution >= 4 is 23.7 Å². The molecule has 0 saturated carbocycles. The number of hydrogen-bond acceptors (Lipinski definition) is 5. The van der Waals surface area contributed by atoms with Crippen LogP contribution in [0.2, 0.25) is 0 Å². The highest BCUT2D eigenvalue weighted by Gasteiger charge is 2.19. The number of nitrogens with one attached hydrogen (secondary N) is 1. The largest absolute Gasteiger partial charge is 0.351 e. The summed E-state index contributed by atoms with van der Waals surface area (Å²) in [7, 11) is 0. The van der Waals surface area contributed by atoms with E-state index in [1.165, 1.54) is 11.8 Å². The predicted molar refractivity (Wildman–Crippen MR) is 68.0 cm³/mol. The molecule has 0 fully saturated rings. The lowest BCUT2D eigenvalue weighted by Gasteiger charge is -2.10. The number of amides is 3. The topological polar surface area (TPSA) is 103 Å². The minimum absolute atomic E-state index is 0.460. The van der Waals surface area contributed by atoms with Gasteiger partial charge in [0.1, 0.15) is 5.82 Å². The van der Waals surface area contributed by atoms with Gasteiger partial charge in [0.15, 0.2) is 5.16 Å². The molecule has 0 aromatic carbocycles. The van der Waals surface area contributed by atoms with Gasteiger partial charge in [-0.25, -0.2) is 4.79 Å². The Kier molecular flexibility index (Phi) is 4.90. The number of carbonyl (C=O) groups is 2. The summed E-state index contributed by atoms with van der Waals surface area (Å²) in [6.45, 7) is 7.68. The average molecular weight is 269 g/mol. The molecule has 3 N–H and O–H groups in total. The number of aryl methyl sites for hydroxylation is 1. The Balaban J connectivity index is 2.75. The molecule has 1 atom stereocenters. The van der Waals surface area contributed by atoms with Crippen molar-refractivity contribution in [2.75, 3.05) is 0 Å². The van der Waals surface area contributed by atoms with E-state index in [1.54, 1.807) is 13.0 Å². The minimum Gasteiger partial charge on any atom is -0.351 e. The number of nitrogens with zero attached hydrogens (tertiary/aromatic N) is 3. The van der Waals surface area contributed by atoms with E-state index in [0.717, 1.165) is 5.82 Å². The Morgan fingerprint density at radius 3 is 2.83 bits per heavy atom. The molecule has 1 heterocycles. The molecule has 98 valence electrons. The number of urea groups is 1. The highest BCUT2D eigenvalue weighted by molar-refractivity contribution is 8.00. The van der Waals surface area contributed by atoms with Gasteiger partial charge in [0.05, 0.1) is 5.25 Å². The number of rotatable bonds is 5. The van der Waals surface area contributed by atoms with Gasteiger partial charge in [-0.15, -0.1) is 16.8 Å². The number of allylic oxidation sites excluding steroid dienone is 1. The smallest absolute Gasteiger partial charge is 0.318 e. The van der Waals surface area contributed by atoms with Gasteiger partial charge < -0.3 is 10.3 Å². The first-order valence-electron chi connectivity index (χ1n) is 5.23. The van der Waals surface area contributed by atoms with Gasteiger partial charge in [-0.2, -0.15) is 0 Å². The zero-order valence-corrected chi connectivity index (χ0v) is 11.0. The fourth-order valence-electron chi connectivity index (χ4n) is 1.22. The standard InChI is InChI=1S/C10H15N5O2S/c1-4-5-15-7(3)13-14-10(15)18-6(2)8(16)12-9(11)17/h4,6H,1,5H2,2-3H3,(H3,11,12,16,17)/t6-/m0/s1. The van der Waals surface area contributed by atoms with Crippen LogP contribution >= 0.6 is 11.8 Å². The fraction of sp³-hybridized carbons (Fsp3) is 0.400. The van der Waals surface area contributed by atoms with Crippen molar-refractivity contribution < 1.29 is 9.59 Å². The summed E-state index contributed by atoms with van der Waals surface area (Å²) in [5, 5.41) is 10.0. The quantitative estimate of drug-likeness (QED) is 0.596. The van der Waals surface area contributed by atoms with Crippen LogP contribution in [-0.2, 0) is 11.3 Å². The SMILES string of the molecule is C=CCn1c(C)nnc1S[C@@H](C)C(=O)NC(N)=O. The van der Waals surface area contributed by atoms with Gasteiger partial charge in [0.25, 0.3) is 0 Å². The number of thioether (sulfide) groups is 1. The van der Waals surface area contributed by atoms with Gasteiger partial charge in [-0.1, -0.05) is 17.8 Å². The third-order valence-corrected chi connectivity index (χ3v) is 3.19. The van der Waals surface area contributed by atoms with Crippen LogP contribution in [0, 0.1) is 6.92 Å². The minimum atomic E-state index is -0.865. The highest BCUT2D eigenvalue weighted by atomic mass is 32.2. The summed E-state index contributed by atoms with van der Waals surface area (Å²) >= 11 is 1.20. The maximum atomic E-state index is 11.5. The van der Waals surface area contributed by atoms with E-state index >= 15 is 0 Å². The van der Waals surface area contributed by atoms with E-state index in [4.69, 9.17) is 5.73 Å². The molecule has 0 aliphatic carbocycles. The van der Waals surface area contributed by atoms with Crippen molar-refractivity contribution in [3.63, 3.8) is 0 Å². The van der Waals surface area contributed by atoms with E-state index in [-0.39, 0.29) is 0 Å². The first-order chi connectivity index (χ1) is 8.45. The van der Waals surface area contributed by atoms with Gasteiger partial charge in [-0.05, 0) is 13.8 Å². The first kappa shape index (κ1) is 14.2. The molecule has 1 aromatic heterocycles. The van der Waals surface area contributed by atoms with Crippen molar-refractivity contribution in [1.82, 2.24) is 20.1 Å². The van der Waals surface area contributed by atoms with Crippen LogP contribution in [0.5, 0.6) is 0 Å². The zero-order valence-electron chi connectivity index (χ0n) is 10.2. The van der Waals surface area contributed by atoms with E-state index in [2.05, 4.69) is 16.8 Å². The lowest BCUT2D eigenvalue weighted by molar-refractivity contribution is -0.119. The van der Waals surface area contributed by atoms with Crippen LogP contribution in [0.25, 0.3) is 0 Å². The zero-order chi connectivity index (χ0) is 13.7. The molecule has 0 aliphatic heterocycles. The number of primary amides is 1. The van der Waals surface area contributed by atoms with Crippen LogP contribution in [0.1, 0.15) is 12.7 Å². The summed E-state index contributed by atoms with van der Waals surface area (Å²) in [6.07, 6.45) is 1.72. The maximum absolute atomic E-state index is 11.5. The second kappa shape index (κ2) is 6.20. The van der Waals surface area contributed by atoms with Crippen molar-refractivity contribution in [3.8, 4) is 0 Å². The van der Waals surface area contributed by atoms with Crippen LogP contribution in [0.4, 0.5) is 4.79 Å². The van der Waals surface area contributed by atoms with Crippen molar-refractivity contribution in [2.45, 2.75) is 30.8 Å². The van der Waals surface area contributed by atoms with E-state index in [0.29, 0.717) is 11.7 Å². The monoisotopic (exact) mass is 269 g/mol. The van der Waals surface area contributed by atoms with Crippen LogP contribution < -0.4 is 11.1 Å². The van der Waals surface area contributed by atoms with E-state index in [9.17, 15) is 9.59 Å². The summed E-state index contributed by atoms with van der Waals surface area (Å²) in [6, 6.07) is -0.865. The van der Waals surface area contributed by atoms with Gasteiger partial charge in [-0.3, -0.25) is 10.1 Å². The second-order valence-corrected chi connectivity index (χ2v) is 4.85. The molecule has 0 radical (unpaired) electrons. The number of nitrogens with two attached hydrogens (primary N) is 1. The second-order valence-electron chi connectivity index (χ2n) is 3.54. The Morgan fingerprint density at radius 2 is 2.28 bits per heavy atom. The molecular formula is C10H15N5O2S. The van der Waals surface area contributed by atoms with Crippen molar-refractivity contribution in [1.29, 1.82) is 0 Å². The summed E-state index contributed by atoms with van der Waals surface area (Å²) in [4.78, 5) is 22.1. The van der Waals surface area contributed by atoms with Crippen molar-refractivity contribution in [2.24, 2.45) is 5.73 Å². The molecule has 8 heteroatoms. The highest BCUT2D eigenvalue weighted by Crippen LogP contribution is 2.22. The predicted octanol–water partition coefficient (Wildman–Crippen LogP) is 0.448. The van der Waals surface area contributed by atoms with Crippen LogP contribution in [0.15, 0.2) is 17.8 Å². The third-order valence-electron chi connectivity index (χ3n) is 2.11. The van der Waals surface area contributed by atoms with Crippen molar-refractivity contribution in [3.05, 3.63) is 18.5 Å². The number of carbonyl (C=O) groups excluding carboxylic acids is 2. The third kappa shape index (κ3) is 3.59. The maximum Gasteiger partial charge on any atom is 0.318 e. The van der Waals surface area contributed by atoms with Crippen LogP contribution in [0.3, 0.4) is 0 Å². The summed E-state index contributed by atoms with van der Waals surface area (Å²) < 4.78 is 1.83. The van der Waals surface area contributed by atoms with Gasteiger partial charge in [0, 0.05) is 6.54 Å². The van der Waals surface area contributed by atoms with Crippen LogP contribution in [-0.4, -0.2) is 32.0 Å². The molecule has 18 heavy (non-hydrogen) atoms. The van der Waals surface area contributed by atoms with Gasteiger partial charge in [0.2, 0.25) is 5.91 Å². The molecule has 0 aliphatic rings. The number of hydrogen-bond donors (Lipinski definition) is 2. The molecule has 0 saturated heterocycles. The van der Waals surface area contributed by atoms with Gasteiger partial charge >= 0.3 is 6.03 Å². The molecule has 0 spiro atoms. The van der Waals surface area contributed by atoms with E-state index in [1.807, 2.05) is 16.8 Å². The molecule has 7 nitrogen and oxygen atoms in total. The van der Waals surface area contributed by atoms with E-state index < -0.39 is 17.2 Å². The normalized spacial score (nSPS) is 11.9. The number of imide groups is 1. The molecule has 3 amide bonds. The Hall–Kier alpha value is -1.83. The molecule has 0 bridgehead atoms. The first-order valence-corrected chi connectivity index (χ1v) is 6.11. The molecule has 0 unspecified atom stereocenters. The Labute approximate surface area is 109 Å². The summed E-state index contributed by atoms with van der Waals surface area (Å²) in [5.74, 6) is 0.276. The lowest BCUT2D eigenvalue weighted by Crippen LogP contribution is -2.39. The number of aromatic nitrogens is 3. The molecule has 1 rings (SSSR count). The Bertz CT molecular complexity index is 471. The molecular weight excluding hydrogens is 254 g/mol. The average Bonchev–Trinajstić information content (AvgIpc) is 2.61. The lowest BCUT2D eigenvalue weighted by atomic mass is 10.4. The molecule has 1 aromatic rings. The fourth-order valence-corrected chi connectivity index (χ4v) is 2.13. The summed E-state index contributed by atoms with van der Waals surface area (Å²) in [5.41, 5.74) is 4.88. The Morgan fingerprint density at radius 1 is 1.61 bits per heavy atom.